The first-order valence-electron chi connectivity index (χ1n) is 11.8. The average Bonchev–Trinajstić information content (AvgIpc) is 3.48. The van der Waals surface area contributed by atoms with Crippen molar-refractivity contribution in [3.05, 3.63) is 46.0 Å². The fourth-order valence-electron chi connectivity index (χ4n) is 4.77. The SMILES string of the molecule is CCNC(=O)[C@@H]1CCCN(c2nc3ncn(CC(=O)Nc4ccc5c(c4)CCC5)c(=O)c3s2)C1. The predicted octanol–water partition coefficient (Wildman–Crippen LogP) is 2.33. The van der Waals surface area contributed by atoms with Crippen LogP contribution in [-0.4, -0.2) is 46.0 Å². The van der Waals surface area contributed by atoms with Gasteiger partial charge in [-0.2, -0.15) is 4.98 Å². The highest BCUT2D eigenvalue weighted by Gasteiger charge is 2.27. The summed E-state index contributed by atoms with van der Waals surface area (Å²) in [4.78, 5) is 48.9. The van der Waals surface area contributed by atoms with Crippen molar-refractivity contribution in [2.24, 2.45) is 5.92 Å². The number of hydrogen-bond donors (Lipinski definition) is 2. The Labute approximate surface area is 201 Å². The molecule has 1 fully saturated rings. The molecule has 3 aromatic rings. The van der Waals surface area contributed by atoms with Gasteiger partial charge in [0, 0.05) is 25.3 Å². The lowest BCUT2D eigenvalue weighted by Crippen LogP contribution is -2.43. The van der Waals surface area contributed by atoms with Crippen LogP contribution in [0.5, 0.6) is 0 Å². The molecule has 5 rings (SSSR count). The van der Waals surface area contributed by atoms with E-state index in [9.17, 15) is 14.4 Å². The van der Waals surface area contributed by atoms with Crippen molar-refractivity contribution >= 4 is 44.3 Å². The van der Waals surface area contributed by atoms with E-state index in [-0.39, 0.29) is 29.8 Å². The van der Waals surface area contributed by atoms with E-state index in [1.54, 1.807) is 0 Å². The molecule has 10 heteroatoms. The fourth-order valence-corrected chi connectivity index (χ4v) is 5.78. The van der Waals surface area contributed by atoms with Gasteiger partial charge in [-0.1, -0.05) is 17.4 Å². The van der Waals surface area contributed by atoms with E-state index in [0.717, 1.165) is 44.3 Å². The summed E-state index contributed by atoms with van der Waals surface area (Å²) >= 11 is 1.27. The van der Waals surface area contributed by atoms with Gasteiger partial charge < -0.3 is 15.5 Å². The highest BCUT2D eigenvalue weighted by Crippen LogP contribution is 2.29. The number of aromatic nitrogens is 3. The number of rotatable bonds is 6. The van der Waals surface area contributed by atoms with E-state index < -0.39 is 0 Å². The van der Waals surface area contributed by atoms with Gasteiger partial charge in [-0.05, 0) is 62.3 Å². The van der Waals surface area contributed by atoms with Gasteiger partial charge in [0.1, 0.15) is 17.6 Å². The lowest BCUT2D eigenvalue weighted by Gasteiger charge is -2.31. The van der Waals surface area contributed by atoms with E-state index >= 15 is 0 Å². The van der Waals surface area contributed by atoms with Crippen LogP contribution in [0.1, 0.15) is 37.3 Å². The number of anilines is 2. The Morgan fingerprint density at radius 1 is 1.21 bits per heavy atom. The third-order valence-electron chi connectivity index (χ3n) is 6.48. The second-order valence-electron chi connectivity index (χ2n) is 8.89. The monoisotopic (exact) mass is 480 g/mol. The molecule has 3 heterocycles. The Balaban J connectivity index is 1.30. The van der Waals surface area contributed by atoms with Crippen molar-refractivity contribution in [3.8, 4) is 0 Å². The molecular formula is C24H28N6O3S. The van der Waals surface area contributed by atoms with E-state index in [2.05, 4.69) is 31.6 Å². The molecule has 0 saturated carbocycles. The topological polar surface area (TPSA) is 109 Å². The zero-order chi connectivity index (χ0) is 23.7. The van der Waals surface area contributed by atoms with Gasteiger partial charge in [0.05, 0.1) is 5.92 Å². The van der Waals surface area contributed by atoms with Gasteiger partial charge in [0.2, 0.25) is 11.8 Å². The van der Waals surface area contributed by atoms with Crippen LogP contribution in [0.3, 0.4) is 0 Å². The molecule has 2 aromatic heterocycles. The van der Waals surface area contributed by atoms with Crippen LogP contribution in [0.15, 0.2) is 29.3 Å². The van der Waals surface area contributed by atoms with Crippen LogP contribution in [0, 0.1) is 5.92 Å². The van der Waals surface area contributed by atoms with Gasteiger partial charge in [-0.15, -0.1) is 0 Å². The molecule has 34 heavy (non-hydrogen) atoms. The molecule has 2 N–H and O–H groups in total. The second kappa shape index (κ2) is 9.54. The van der Waals surface area contributed by atoms with Crippen LogP contribution < -0.4 is 21.1 Å². The van der Waals surface area contributed by atoms with Crippen molar-refractivity contribution in [1.82, 2.24) is 19.9 Å². The van der Waals surface area contributed by atoms with Gasteiger partial charge in [-0.25, -0.2) is 4.98 Å². The normalized spacial score (nSPS) is 17.6. The summed E-state index contributed by atoms with van der Waals surface area (Å²) in [6, 6.07) is 5.99. The molecule has 1 aliphatic heterocycles. The Morgan fingerprint density at radius 2 is 2.06 bits per heavy atom. The largest absolute Gasteiger partial charge is 0.356 e. The Hall–Kier alpha value is -3.27. The number of thiazole rings is 1. The van der Waals surface area contributed by atoms with Gasteiger partial charge in [0.15, 0.2) is 10.8 Å². The molecule has 1 aliphatic carbocycles. The average molecular weight is 481 g/mol. The second-order valence-corrected chi connectivity index (χ2v) is 9.87. The maximum Gasteiger partial charge on any atom is 0.273 e. The number of benzene rings is 1. The van der Waals surface area contributed by atoms with Crippen molar-refractivity contribution in [3.63, 3.8) is 0 Å². The molecule has 178 valence electrons. The number of carbonyl (C=O) groups excluding carboxylic acids is 2. The summed E-state index contributed by atoms with van der Waals surface area (Å²) in [5.74, 6) is -0.303. The van der Waals surface area contributed by atoms with Gasteiger partial charge in [0.25, 0.3) is 5.56 Å². The molecule has 2 amide bonds. The van der Waals surface area contributed by atoms with Crippen molar-refractivity contribution in [2.75, 3.05) is 29.9 Å². The Morgan fingerprint density at radius 3 is 2.91 bits per heavy atom. The highest BCUT2D eigenvalue weighted by atomic mass is 32.1. The first-order chi connectivity index (χ1) is 16.5. The summed E-state index contributed by atoms with van der Waals surface area (Å²) in [7, 11) is 0. The fraction of sp³-hybridized carbons (Fsp3) is 0.458. The molecule has 1 atom stereocenters. The number of fused-ring (bicyclic) bond motifs is 2. The first kappa shape index (κ1) is 22.5. The number of piperidine rings is 1. The number of nitrogens with one attached hydrogen (secondary N) is 2. The lowest BCUT2D eigenvalue weighted by molar-refractivity contribution is -0.125. The van der Waals surface area contributed by atoms with Gasteiger partial charge >= 0.3 is 0 Å². The first-order valence-corrected chi connectivity index (χ1v) is 12.6. The maximum absolute atomic E-state index is 13.1. The third kappa shape index (κ3) is 4.54. The minimum atomic E-state index is -0.282. The highest BCUT2D eigenvalue weighted by molar-refractivity contribution is 7.22. The summed E-state index contributed by atoms with van der Waals surface area (Å²) in [5.41, 5.74) is 3.47. The number of nitrogens with zero attached hydrogens (tertiary/aromatic N) is 4. The summed E-state index contributed by atoms with van der Waals surface area (Å²) in [6.45, 7) is 3.76. The predicted molar refractivity (Wildman–Crippen MR) is 132 cm³/mol. The minimum absolute atomic E-state index is 0.0585. The van der Waals surface area contributed by atoms with Crippen LogP contribution in [0.25, 0.3) is 10.3 Å². The standard InChI is InChI=1S/C24H28N6O3S/c1-2-25-22(32)17-7-4-10-29(12-17)24-28-21-20(34-24)23(33)30(14-26-21)13-19(31)27-18-9-8-15-5-3-6-16(15)11-18/h8-9,11,14,17H,2-7,10,12-13H2,1H3,(H,25,32)(H,27,31)/t17-/m1/s1. The molecular weight excluding hydrogens is 452 g/mol. The molecule has 1 aromatic carbocycles. The Bertz CT molecular complexity index is 1300. The zero-order valence-electron chi connectivity index (χ0n) is 19.2. The van der Waals surface area contributed by atoms with E-state index in [4.69, 9.17) is 0 Å². The zero-order valence-corrected chi connectivity index (χ0v) is 20.0. The van der Waals surface area contributed by atoms with E-state index in [1.165, 1.54) is 33.4 Å². The van der Waals surface area contributed by atoms with Gasteiger partial charge in [-0.3, -0.25) is 19.0 Å². The molecule has 9 nitrogen and oxygen atoms in total. The number of hydrogen-bond acceptors (Lipinski definition) is 7. The van der Waals surface area contributed by atoms with Crippen LogP contribution >= 0.6 is 11.3 Å². The molecule has 0 bridgehead atoms. The van der Waals surface area contributed by atoms with Crippen molar-refractivity contribution in [1.29, 1.82) is 0 Å². The Kier molecular flexibility index (Phi) is 6.32. The molecule has 0 spiro atoms. The lowest BCUT2D eigenvalue weighted by atomic mass is 9.97. The summed E-state index contributed by atoms with van der Waals surface area (Å²) in [5, 5.41) is 6.47. The third-order valence-corrected chi connectivity index (χ3v) is 7.58. The number of amides is 2. The van der Waals surface area contributed by atoms with Crippen molar-refractivity contribution < 1.29 is 9.59 Å². The number of carbonyl (C=O) groups is 2. The molecule has 0 radical (unpaired) electrons. The van der Waals surface area contributed by atoms with Crippen LogP contribution in [0.2, 0.25) is 0 Å². The molecule has 0 unspecified atom stereocenters. The van der Waals surface area contributed by atoms with Crippen LogP contribution in [0.4, 0.5) is 10.8 Å². The van der Waals surface area contributed by atoms with E-state index in [0.29, 0.717) is 28.6 Å². The minimum Gasteiger partial charge on any atom is -0.356 e. The summed E-state index contributed by atoms with van der Waals surface area (Å²) < 4.78 is 1.74. The van der Waals surface area contributed by atoms with E-state index in [1.807, 2.05) is 19.1 Å². The molecule has 2 aliphatic rings. The van der Waals surface area contributed by atoms with Crippen molar-refractivity contribution in [2.45, 2.75) is 45.6 Å². The maximum atomic E-state index is 13.1. The molecule has 1 saturated heterocycles. The number of aryl methyl sites for hydroxylation is 2. The van der Waals surface area contributed by atoms with Crippen LogP contribution in [-0.2, 0) is 29.0 Å². The quantitative estimate of drug-likeness (QED) is 0.561. The smallest absolute Gasteiger partial charge is 0.273 e. The summed E-state index contributed by atoms with van der Waals surface area (Å²) in [6.07, 6.45) is 6.38.